The Morgan fingerprint density at radius 3 is 1.50 bits per heavy atom. The molecule has 4 rings (SSSR count). The lowest BCUT2D eigenvalue weighted by atomic mass is 9.89. The van der Waals surface area contributed by atoms with E-state index in [1.165, 1.54) is 21.5 Å². The molecule has 0 unspecified atom stereocenters. The van der Waals surface area contributed by atoms with Crippen LogP contribution in [-0.4, -0.2) is 25.0 Å². The van der Waals surface area contributed by atoms with Crippen molar-refractivity contribution in [3.05, 3.63) is 59.7 Å². The van der Waals surface area contributed by atoms with Crippen molar-refractivity contribution in [1.29, 1.82) is 0 Å². The number of benzene rings is 3. The molecule has 0 aromatic heterocycles. The summed E-state index contributed by atoms with van der Waals surface area (Å²) in [5.41, 5.74) is 3.15. The van der Waals surface area contributed by atoms with Crippen LogP contribution in [0.1, 0.15) is 11.1 Å². The quantitative estimate of drug-likeness (QED) is 0.552. The third-order valence-corrected chi connectivity index (χ3v) is 4.65. The molecule has 0 radical (unpaired) electrons. The summed E-state index contributed by atoms with van der Waals surface area (Å²) >= 11 is 0. The standard InChI is InChI=1S/C19H19N/c1-20-12-10-18-16-8-4-2-6-14(16)15-7-3-5-9-17(15)19(18)11-13-20/h2-9H,10-13H2,1H3. The van der Waals surface area contributed by atoms with Gasteiger partial charge in [-0.3, -0.25) is 0 Å². The highest BCUT2D eigenvalue weighted by Crippen LogP contribution is 2.34. The molecule has 0 amide bonds. The van der Waals surface area contributed by atoms with Crippen LogP contribution in [0.5, 0.6) is 0 Å². The predicted molar refractivity (Wildman–Crippen MR) is 86.4 cm³/mol. The Labute approximate surface area is 119 Å². The van der Waals surface area contributed by atoms with Gasteiger partial charge in [0.1, 0.15) is 0 Å². The van der Waals surface area contributed by atoms with E-state index in [4.69, 9.17) is 0 Å². The van der Waals surface area contributed by atoms with Crippen molar-refractivity contribution in [3.8, 4) is 0 Å². The Morgan fingerprint density at radius 2 is 1.05 bits per heavy atom. The van der Waals surface area contributed by atoms with Crippen molar-refractivity contribution < 1.29 is 0 Å². The molecule has 0 aliphatic carbocycles. The van der Waals surface area contributed by atoms with Crippen molar-refractivity contribution in [1.82, 2.24) is 4.90 Å². The highest BCUT2D eigenvalue weighted by molar-refractivity contribution is 6.10. The fraction of sp³-hybridized carbons (Fsp3) is 0.263. The molecule has 100 valence electrons. The maximum atomic E-state index is 2.45. The average Bonchev–Trinajstić information content (AvgIpc) is 2.70. The third kappa shape index (κ3) is 1.74. The van der Waals surface area contributed by atoms with Crippen molar-refractivity contribution in [2.75, 3.05) is 20.1 Å². The number of rotatable bonds is 0. The van der Waals surface area contributed by atoms with Gasteiger partial charge < -0.3 is 4.90 Å². The first-order chi connectivity index (χ1) is 9.84. The molecule has 1 heteroatoms. The lowest BCUT2D eigenvalue weighted by molar-refractivity contribution is 0.352. The minimum absolute atomic E-state index is 1.16. The van der Waals surface area contributed by atoms with E-state index >= 15 is 0 Å². The number of nitrogens with zero attached hydrogens (tertiary/aromatic N) is 1. The fourth-order valence-electron chi connectivity index (χ4n) is 3.58. The smallest absolute Gasteiger partial charge is 0.00192 e. The van der Waals surface area contributed by atoms with E-state index in [1.54, 1.807) is 11.1 Å². The van der Waals surface area contributed by atoms with E-state index in [0.717, 1.165) is 25.9 Å². The van der Waals surface area contributed by atoms with Gasteiger partial charge in [0.05, 0.1) is 0 Å². The van der Waals surface area contributed by atoms with E-state index < -0.39 is 0 Å². The monoisotopic (exact) mass is 261 g/mol. The highest BCUT2D eigenvalue weighted by Gasteiger charge is 2.17. The molecule has 0 atom stereocenters. The van der Waals surface area contributed by atoms with Crippen molar-refractivity contribution in [2.24, 2.45) is 0 Å². The molecule has 3 aromatic carbocycles. The van der Waals surface area contributed by atoms with Gasteiger partial charge in [-0.1, -0.05) is 48.5 Å². The summed E-state index contributed by atoms with van der Waals surface area (Å²) < 4.78 is 0. The molecule has 0 saturated carbocycles. The van der Waals surface area contributed by atoms with E-state index in [2.05, 4.69) is 60.5 Å². The second kappa shape index (κ2) is 4.60. The summed E-state index contributed by atoms with van der Waals surface area (Å²) in [6.45, 7) is 2.32. The summed E-state index contributed by atoms with van der Waals surface area (Å²) in [5, 5.41) is 5.73. The molecule has 3 aromatic rings. The first kappa shape index (κ1) is 11.9. The molecular weight excluding hydrogens is 242 g/mol. The van der Waals surface area contributed by atoms with Gasteiger partial charge >= 0.3 is 0 Å². The lowest BCUT2D eigenvalue weighted by Crippen LogP contribution is -2.20. The first-order valence-corrected chi connectivity index (χ1v) is 7.44. The minimum atomic E-state index is 1.16. The molecule has 1 aliphatic rings. The molecular formula is C19H19N. The second-order valence-corrected chi connectivity index (χ2v) is 5.85. The minimum Gasteiger partial charge on any atom is -0.306 e. The van der Waals surface area contributed by atoms with Crippen LogP contribution >= 0.6 is 0 Å². The van der Waals surface area contributed by atoms with Crippen molar-refractivity contribution in [2.45, 2.75) is 12.8 Å². The fourth-order valence-corrected chi connectivity index (χ4v) is 3.58. The van der Waals surface area contributed by atoms with E-state index in [9.17, 15) is 0 Å². The first-order valence-electron chi connectivity index (χ1n) is 7.44. The second-order valence-electron chi connectivity index (χ2n) is 5.85. The van der Waals surface area contributed by atoms with Gasteiger partial charge in [0, 0.05) is 13.1 Å². The van der Waals surface area contributed by atoms with E-state index in [1.807, 2.05) is 0 Å². The Morgan fingerprint density at radius 1 is 0.650 bits per heavy atom. The lowest BCUT2D eigenvalue weighted by Gasteiger charge is -2.14. The van der Waals surface area contributed by atoms with Crippen LogP contribution in [0.4, 0.5) is 0 Å². The summed E-state index contributed by atoms with van der Waals surface area (Å²) in [5.74, 6) is 0. The maximum Gasteiger partial charge on any atom is 0.00192 e. The predicted octanol–water partition coefficient (Wildman–Crippen LogP) is 4.02. The van der Waals surface area contributed by atoms with Crippen LogP contribution in [0.3, 0.4) is 0 Å². The Hall–Kier alpha value is -1.86. The van der Waals surface area contributed by atoms with Crippen LogP contribution in [0, 0.1) is 0 Å². The maximum absolute atomic E-state index is 2.45. The van der Waals surface area contributed by atoms with Gasteiger partial charge in [0.25, 0.3) is 0 Å². The van der Waals surface area contributed by atoms with Crippen LogP contribution in [0.2, 0.25) is 0 Å². The molecule has 20 heavy (non-hydrogen) atoms. The Kier molecular flexibility index (Phi) is 2.75. The zero-order valence-corrected chi connectivity index (χ0v) is 11.9. The summed E-state index contributed by atoms with van der Waals surface area (Å²) in [4.78, 5) is 2.45. The summed E-state index contributed by atoms with van der Waals surface area (Å²) in [6, 6.07) is 17.8. The number of hydrogen-bond donors (Lipinski definition) is 0. The van der Waals surface area contributed by atoms with E-state index in [0.29, 0.717) is 0 Å². The Balaban J connectivity index is 2.15. The number of hydrogen-bond acceptors (Lipinski definition) is 1. The van der Waals surface area contributed by atoms with Crippen LogP contribution in [-0.2, 0) is 12.8 Å². The topological polar surface area (TPSA) is 3.24 Å². The SMILES string of the molecule is CN1CCc2c(c3ccccc3c3ccccc23)CC1. The Bertz CT molecular complexity index is 721. The van der Waals surface area contributed by atoms with Crippen LogP contribution in [0.25, 0.3) is 21.5 Å². The molecule has 0 fully saturated rings. The summed E-state index contributed by atoms with van der Waals surface area (Å²) in [7, 11) is 2.23. The van der Waals surface area contributed by atoms with Gasteiger partial charge in [-0.2, -0.15) is 0 Å². The molecule has 1 nitrogen and oxygen atoms in total. The largest absolute Gasteiger partial charge is 0.306 e. The highest BCUT2D eigenvalue weighted by atomic mass is 15.1. The van der Waals surface area contributed by atoms with Gasteiger partial charge in [-0.15, -0.1) is 0 Å². The van der Waals surface area contributed by atoms with Crippen molar-refractivity contribution in [3.63, 3.8) is 0 Å². The molecule has 1 heterocycles. The summed E-state index contributed by atoms with van der Waals surface area (Å²) in [6.07, 6.45) is 2.33. The van der Waals surface area contributed by atoms with Gasteiger partial charge in [-0.25, -0.2) is 0 Å². The number of fused-ring (bicyclic) bond motifs is 6. The van der Waals surface area contributed by atoms with E-state index in [-0.39, 0.29) is 0 Å². The molecule has 0 N–H and O–H groups in total. The van der Waals surface area contributed by atoms with Gasteiger partial charge in [0.2, 0.25) is 0 Å². The van der Waals surface area contributed by atoms with Gasteiger partial charge in [0.15, 0.2) is 0 Å². The molecule has 0 spiro atoms. The number of likely N-dealkylation sites (N-methyl/N-ethyl adjacent to an activating group) is 1. The average molecular weight is 261 g/mol. The molecule has 1 aliphatic heterocycles. The van der Waals surface area contributed by atoms with Crippen LogP contribution < -0.4 is 0 Å². The normalized spacial score (nSPS) is 16.2. The molecule has 0 saturated heterocycles. The van der Waals surface area contributed by atoms with Gasteiger partial charge in [-0.05, 0) is 52.6 Å². The third-order valence-electron chi connectivity index (χ3n) is 4.65. The molecule has 0 bridgehead atoms. The van der Waals surface area contributed by atoms with Crippen LogP contribution in [0.15, 0.2) is 48.5 Å². The van der Waals surface area contributed by atoms with Crippen molar-refractivity contribution >= 4 is 21.5 Å². The zero-order chi connectivity index (χ0) is 13.5. The zero-order valence-electron chi connectivity index (χ0n) is 11.9.